The molecule has 3 atom stereocenters. The van der Waals surface area contributed by atoms with Gasteiger partial charge in [0.2, 0.25) is 0 Å². The molecular weight excluding hydrogens is 466 g/mol. The van der Waals surface area contributed by atoms with Gasteiger partial charge in [-0.15, -0.1) is 0 Å². The largest absolute Gasteiger partial charge is 0.481 e. The van der Waals surface area contributed by atoms with Gasteiger partial charge in [-0.05, 0) is 73.9 Å². The Hall–Kier alpha value is -2.25. The summed E-state index contributed by atoms with van der Waals surface area (Å²) in [6, 6.07) is 16.8. The van der Waals surface area contributed by atoms with Crippen molar-refractivity contribution in [2.24, 2.45) is 0 Å². The van der Waals surface area contributed by atoms with Crippen molar-refractivity contribution in [3.05, 3.63) is 59.7 Å². The lowest BCUT2D eigenvalue weighted by Crippen LogP contribution is -2.46. The van der Waals surface area contributed by atoms with Crippen molar-refractivity contribution in [1.29, 1.82) is 0 Å². The summed E-state index contributed by atoms with van der Waals surface area (Å²) in [5.41, 5.74) is 4.22. The maximum atomic E-state index is 10.8. The SMILES string of the molecule is O=C(O)CCCCCO[C@H]1[C@H](OCc2ccc(-c3ccccc3CO)cc2)CC[C@@H]1N1CCCCCC1. The van der Waals surface area contributed by atoms with Gasteiger partial charge in [-0.3, -0.25) is 9.69 Å². The van der Waals surface area contributed by atoms with Gasteiger partial charge >= 0.3 is 5.97 Å². The Balaban J connectivity index is 1.34. The van der Waals surface area contributed by atoms with Crippen LogP contribution in [0, 0.1) is 0 Å². The van der Waals surface area contributed by atoms with Crippen molar-refractivity contribution in [2.75, 3.05) is 19.7 Å². The first kappa shape index (κ1) is 27.8. The number of unbranched alkanes of at least 4 members (excludes halogenated alkanes) is 2. The lowest BCUT2D eigenvalue weighted by molar-refractivity contribution is -0.137. The number of carboxylic acid groups (broad SMARTS) is 1. The zero-order valence-corrected chi connectivity index (χ0v) is 22.0. The number of ether oxygens (including phenoxy) is 2. The molecule has 1 aliphatic heterocycles. The lowest BCUT2D eigenvalue weighted by Gasteiger charge is -2.33. The Morgan fingerprint density at radius 1 is 0.892 bits per heavy atom. The Morgan fingerprint density at radius 2 is 1.65 bits per heavy atom. The summed E-state index contributed by atoms with van der Waals surface area (Å²) in [4.78, 5) is 13.4. The number of rotatable bonds is 13. The maximum Gasteiger partial charge on any atom is 0.303 e. The van der Waals surface area contributed by atoms with E-state index in [2.05, 4.69) is 29.2 Å². The molecule has 0 amide bonds. The maximum absolute atomic E-state index is 10.8. The number of aliphatic carboxylic acids is 1. The van der Waals surface area contributed by atoms with E-state index in [9.17, 15) is 9.90 Å². The van der Waals surface area contributed by atoms with Gasteiger partial charge in [0, 0.05) is 19.1 Å². The van der Waals surface area contributed by atoms with Crippen LogP contribution < -0.4 is 0 Å². The molecular formula is C31H43NO5. The first-order valence-corrected chi connectivity index (χ1v) is 14.1. The van der Waals surface area contributed by atoms with Crippen LogP contribution in [0.15, 0.2) is 48.5 Å². The fraction of sp³-hybridized carbons (Fsp3) is 0.581. The monoisotopic (exact) mass is 509 g/mol. The number of hydrogen-bond donors (Lipinski definition) is 2. The third kappa shape index (κ3) is 8.11. The number of aliphatic hydroxyl groups is 1. The molecule has 2 aromatic carbocycles. The van der Waals surface area contributed by atoms with Crippen LogP contribution in [0.5, 0.6) is 0 Å². The summed E-state index contributed by atoms with van der Waals surface area (Å²) in [7, 11) is 0. The molecule has 1 saturated heterocycles. The van der Waals surface area contributed by atoms with Crippen molar-refractivity contribution in [2.45, 2.75) is 95.7 Å². The molecule has 4 rings (SSSR count). The van der Waals surface area contributed by atoms with E-state index < -0.39 is 5.97 Å². The van der Waals surface area contributed by atoms with Gasteiger partial charge in [-0.25, -0.2) is 0 Å². The third-order valence-electron chi connectivity index (χ3n) is 7.86. The molecule has 2 aliphatic rings. The van der Waals surface area contributed by atoms with E-state index >= 15 is 0 Å². The van der Waals surface area contributed by atoms with E-state index in [1.165, 1.54) is 25.7 Å². The Kier molecular flexibility index (Phi) is 11.0. The third-order valence-corrected chi connectivity index (χ3v) is 7.86. The van der Waals surface area contributed by atoms with Crippen LogP contribution in [0.2, 0.25) is 0 Å². The molecule has 0 bridgehead atoms. The number of likely N-dealkylation sites (tertiary alicyclic amines) is 1. The quantitative estimate of drug-likeness (QED) is 0.332. The molecule has 1 aliphatic carbocycles. The van der Waals surface area contributed by atoms with Gasteiger partial charge < -0.3 is 19.7 Å². The van der Waals surface area contributed by atoms with Crippen molar-refractivity contribution < 1.29 is 24.5 Å². The second kappa shape index (κ2) is 14.6. The molecule has 37 heavy (non-hydrogen) atoms. The number of nitrogens with zero attached hydrogens (tertiary/aromatic N) is 1. The minimum atomic E-state index is -0.725. The smallest absolute Gasteiger partial charge is 0.303 e. The average molecular weight is 510 g/mol. The highest BCUT2D eigenvalue weighted by Gasteiger charge is 2.40. The molecule has 1 heterocycles. The van der Waals surface area contributed by atoms with E-state index in [-0.39, 0.29) is 25.2 Å². The second-order valence-corrected chi connectivity index (χ2v) is 10.5. The summed E-state index contributed by atoms with van der Waals surface area (Å²) in [6.45, 7) is 3.53. The van der Waals surface area contributed by atoms with Gasteiger partial charge in [0.05, 0.1) is 25.4 Å². The molecule has 6 nitrogen and oxygen atoms in total. The molecule has 2 aromatic rings. The summed E-state index contributed by atoms with van der Waals surface area (Å²) in [6.07, 6.45) is 10.1. The molecule has 1 saturated carbocycles. The molecule has 0 aromatic heterocycles. The van der Waals surface area contributed by atoms with Gasteiger partial charge in [0.15, 0.2) is 0 Å². The summed E-state index contributed by atoms with van der Waals surface area (Å²) < 4.78 is 13.0. The molecule has 0 spiro atoms. The summed E-state index contributed by atoms with van der Waals surface area (Å²) in [5, 5.41) is 18.5. The number of hydrogen-bond acceptors (Lipinski definition) is 5. The topological polar surface area (TPSA) is 79.2 Å². The van der Waals surface area contributed by atoms with Crippen molar-refractivity contribution in [3.63, 3.8) is 0 Å². The van der Waals surface area contributed by atoms with Crippen LogP contribution in [0.25, 0.3) is 11.1 Å². The average Bonchev–Trinajstić information content (AvgIpc) is 3.12. The first-order valence-electron chi connectivity index (χ1n) is 14.1. The molecule has 2 N–H and O–H groups in total. The molecule has 202 valence electrons. The van der Waals surface area contributed by atoms with Crippen LogP contribution in [-0.4, -0.2) is 59.0 Å². The van der Waals surface area contributed by atoms with Gasteiger partial charge in [-0.2, -0.15) is 0 Å². The fourth-order valence-electron chi connectivity index (χ4n) is 5.82. The van der Waals surface area contributed by atoms with Gasteiger partial charge in [-0.1, -0.05) is 67.8 Å². The zero-order chi connectivity index (χ0) is 25.9. The van der Waals surface area contributed by atoms with Crippen LogP contribution in [-0.2, 0) is 27.5 Å². The molecule has 6 heteroatoms. The highest BCUT2D eigenvalue weighted by molar-refractivity contribution is 5.67. The fourth-order valence-corrected chi connectivity index (χ4v) is 5.82. The lowest BCUT2D eigenvalue weighted by atomic mass is 9.99. The normalized spacial score (nSPS) is 22.7. The number of aliphatic hydroxyl groups excluding tert-OH is 1. The minimum Gasteiger partial charge on any atom is -0.481 e. The number of benzene rings is 2. The van der Waals surface area contributed by atoms with Gasteiger partial charge in [0.25, 0.3) is 0 Å². The summed E-state index contributed by atoms with van der Waals surface area (Å²) in [5.74, 6) is -0.725. The highest BCUT2D eigenvalue weighted by Crippen LogP contribution is 2.32. The molecule has 2 fully saturated rings. The predicted molar refractivity (Wildman–Crippen MR) is 145 cm³/mol. The van der Waals surface area contributed by atoms with Crippen molar-refractivity contribution >= 4 is 5.97 Å². The molecule has 0 radical (unpaired) electrons. The standard InChI is InChI=1S/C31H43NO5/c33-22-26-10-5-6-11-27(26)25-15-13-24(14-16-25)23-37-29-18-17-28(32-19-7-1-2-8-20-32)31(29)36-21-9-3-4-12-30(34)35/h5-6,10-11,13-16,28-29,31,33H,1-4,7-9,12,17-23H2,(H,34,35)/t28-,29+,31+/m0/s1. The van der Waals surface area contributed by atoms with E-state index in [0.717, 1.165) is 61.0 Å². The molecule has 0 unspecified atom stereocenters. The first-order chi connectivity index (χ1) is 18.2. The van der Waals surface area contributed by atoms with Crippen LogP contribution >= 0.6 is 0 Å². The van der Waals surface area contributed by atoms with E-state index in [0.29, 0.717) is 25.7 Å². The highest BCUT2D eigenvalue weighted by atomic mass is 16.5. The predicted octanol–water partition coefficient (Wildman–Crippen LogP) is 5.80. The minimum absolute atomic E-state index is 0.0296. The second-order valence-electron chi connectivity index (χ2n) is 10.5. The number of carbonyl (C=O) groups is 1. The van der Waals surface area contributed by atoms with E-state index in [1.807, 2.05) is 24.3 Å². The Bertz CT molecular complexity index is 954. The number of carboxylic acids is 1. The zero-order valence-electron chi connectivity index (χ0n) is 22.0. The van der Waals surface area contributed by atoms with Crippen molar-refractivity contribution in [3.8, 4) is 11.1 Å². The summed E-state index contributed by atoms with van der Waals surface area (Å²) >= 11 is 0. The van der Waals surface area contributed by atoms with Crippen molar-refractivity contribution in [1.82, 2.24) is 4.90 Å². The van der Waals surface area contributed by atoms with Gasteiger partial charge in [0.1, 0.15) is 0 Å². The van der Waals surface area contributed by atoms with Crippen LogP contribution in [0.1, 0.15) is 75.3 Å². The van der Waals surface area contributed by atoms with Crippen LogP contribution in [0.4, 0.5) is 0 Å². The Labute approximate surface area is 221 Å². The van der Waals surface area contributed by atoms with E-state index in [1.54, 1.807) is 0 Å². The Morgan fingerprint density at radius 3 is 2.38 bits per heavy atom. The van der Waals surface area contributed by atoms with E-state index in [4.69, 9.17) is 14.6 Å². The van der Waals surface area contributed by atoms with Crippen LogP contribution in [0.3, 0.4) is 0 Å².